The van der Waals surface area contributed by atoms with Crippen LogP contribution in [0.3, 0.4) is 0 Å². The average molecular weight is 722 g/mol. The van der Waals surface area contributed by atoms with Gasteiger partial charge >= 0.3 is 5.97 Å². The smallest absolute Gasteiger partial charge is 0.311 e. The summed E-state index contributed by atoms with van der Waals surface area (Å²) in [7, 11) is -4.74. The van der Waals surface area contributed by atoms with Crippen LogP contribution >= 0.6 is 0 Å². The van der Waals surface area contributed by atoms with Gasteiger partial charge < -0.3 is 26.0 Å². The van der Waals surface area contributed by atoms with Crippen molar-refractivity contribution in [1.82, 2.24) is 20.9 Å². The number of hydrogen-bond donors (Lipinski definition) is 5. The molecule has 1 aliphatic rings. The van der Waals surface area contributed by atoms with Crippen LogP contribution in [0.4, 0.5) is 5.69 Å². The number of imide groups is 1. The molecule has 0 radical (unpaired) electrons. The average Bonchev–Trinajstić information content (AvgIpc) is 3.33. The van der Waals surface area contributed by atoms with E-state index in [4.69, 9.17) is 4.74 Å². The van der Waals surface area contributed by atoms with Gasteiger partial charge in [0, 0.05) is 30.8 Å². The highest BCUT2D eigenvalue weighted by atomic mass is 32.2. The van der Waals surface area contributed by atoms with Crippen LogP contribution in [0.1, 0.15) is 72.8 Å². The SMILES string of the molecule is CC(C)C(NC(=O)[C@H](CS(=O)(=O)O)NC(=O)CCCCCN1C(=O)C=CC1=O)C(=O)N[C@@H](C)C(=O)Nc1ccc(COC(=O)C(C)(C)C)cc1. The molecule has 1 aromatic carbocycles. The maximum absolute atomic E-state index is 13.1. The number of amides is 6. The van der Waals surface area contributed by atoms with Gasteiger partial charge in [-0.1, -0.05) is 32.4 Å². The van der Waals surface area contributed by atoms with Crippen LogP contribution in [-0.4, -0.2) is 89.7 Å². The largest absolute Gasteiger partial charge is 0.460 e. The number of benzene rings is 1. The van der Waals surface area contributed by atoms with E-state index < -0.39 is 80.8 Å². The molecule has 0 saturated carbocycles. The molecule has 5 N–H and O–H groups in total. The molecule has 0 aliphatic carbocycles. The lowest BCUT2D eigenvalue weighted by Crippen LogP contribution is -2.58. The first-order valence-corrected chi connectivity index (χ1v) is 17.7. The second-order valence-electron chi connectivity index (χ2n) is 13.3. The van der Waals surface area contributed by atoms with E-state index >= 15 is 0 Å². The van der Waals surface area contributed by atoms with E-state index in [-0.39, 0.29) is 25.5 Å². The second kappa shape index (κ2) is 18.4. The number of hydrogen-bond acceptors (Lipinski definition) is 10. The third-order valence-corrected chi connectivity index (χ3v) is 8.17. The molecular weight excluding hydrogens is 674 g/mol. The zero-order valence-corrected chi connectivity index (χ0v) is 29.9. The summed E-state index contributed by atoms with van der Waals surface area (Å²) in [5.41, 5.74) is 0.462. The highest BCUT2D eigenvalue weighted by Gasteiger charge is 2.32. The minimum atomic E-state index is -4.74. The summed E-state index contributed by atoms with van der Waals surface area (Å²) in [5.74, 6) is -5.96. The van der Waals surface area contributed by atoms with Crippen LogP contribution in [0.25, 0.3) is 0 Å². The van der Waals surface area contributed by atoms with E-state index in [0.29, 0.717) is 30.5 Å². The molecule has 0 aromatic heterocycles. The number of anilines is 1. The molecule has 2 rings (SSSR count). The summed E-state index contributed by atoms with van der Waals surface area (Å²) in [5, 5.41) is 9.84. The zero-order valence-electron chi connectivity index (χ0n) is 29.1. The highest BCUT2D eigenvalue weighted by Crippen LogP contribution is 2.17. The van der Waals surface area contributed by atoms with Crippen LogP contribution in [0, 0.1) is 11.3 Å². The summed E-state index contributed by atoms with van der Waals surface area (Å²) in [4.78, 5) is 87.9. The van der Waals surface area contributed by atoms with E-state index in [1.54, 1.807) is 58.9 Å². The van der Waals surface area contributed by atoms with Crippen LogP contribution in [-0.2, 0) is 55.0 Å². The molecule has 1 aliphatic heterocycles. The van der Waals surface area contributed by atoms with Gasteiger partial charge in [-0.3, -0.25) is 43.0 Å². The summed E-state index contributed by atoms with van der Waals surface area (Å²) >= 11 is 0. The van der Waals surface area contributed by atoms with Gasteiger partial charge in [0.25, 0.3) is 21.9 Å². The molecule has 1 aromatic rings. The Bertz CT molecular complexity index is 1550. The first-order valence-electron chi connectivity index (χ1n) is 16.1. The lowest BCUT2D eigenvalue weighted by molar-refractivity contribution is -0.154. The van der Waals surface area contributed by atoms with Crippen molar-refractivity contribution >= 4 is 57.2 Å². The minimum absolute atomic E-state index is 0.0548. The monoisotopic (exact) mass is 721 g/mol. The van der Waals surface area contributed by atoms with Gasteiger partial charge in [-0.2, -0.15) is 8.42 Å². The Labute approximate surface area is 291 Å². The Balaban J connectivity index is 1.92. The first kappa shape index (κ1) is 41.5. The first-order chi connectivity index (χ1) is 23.2. The van der Waals surface area contributed by atoms with Gasteiger partial charge in [0.05, 0.1) is 5.41 Å². The molecular formula is C33H47N5O11S. The van der Waals surface area contributed by atoms with E-state index in [1.165, 1.54) is 19.1 Å². The van der Waals surface area contributed by atoms with Gasteiger partial charge in [-0.25, -0.2) is 0 Å². The van der Waals surface area contributed by atoms with E-state index in [0.717, 1.165) is 4.90 Å². The number of carbonyl (C=O) groups is 7. The fourth-order valence-electron chi connectivity index (χ4n) is 4.50. The quantitative estimate of drug-likeness (QED) is 0.0626. The Morgan fingerprint density at radius 3 is 1.98 bits per heavy atom. The fourth-order valence-corrected chi connectivity index (χ4v) is 5.16. The summed E-state index contributed by atoms with van der Waals surface area (Å²) in [6, 6.07) is 2.48. The molecule has 3 atom stereocenters. The van der Waals surface area contributed by atoms with Crippen molar-refractivity contribution in [2.24, 2.45) is 11.3 Å². The Kier molecular flexibility index (Phi) is 15.3. The normalized spacial score (nSPS) is 14.9. The molecule has 276 valence electrons. The van der Waals surface area contributed by atoms with Crippen molar-refractivity contribution < 1.29 is 51.3 Å². The fraction of sp³-hybridized carbons (Fsp3) is 0.545. The van der Waals surface area contributed by atoms with Crippen LogP contribution in [0.5, 0.6) is 0 Å². The van der Waals surface area contributed by atoms with Crippen molar-refractivity contribution in [2.75, 3.05) is 17.6 Å². The summed E-state index contributed by atoms with van der Waals surface area (Å²) in [6.07, 6.45) is 3.38. The van der Waals surface area contributed by atoms with Crippen molar-refractivity contribution in [3.8, 4) is 0 Å². The maximum Gasteiger partial charge on any atom is 0.311 e. The second-order valence-corrected chi connectivity index (χ2v) is 14.8. The number of nitrogens with zero attached hydrogens (tertiary/aromatic N) is 1. The molecule has 6 amide bonds. The van der Waals surface area contributed by atoms with Crippen LogP contribution in [0.15, 0.2) is 36.4 Å². The number of rotatable bonds is 18. The minimum Gasteiger partial charge on any atom is -0.460 e. The molecule has 1 heterocycles. The van der Waals surface area contributed by atoms with E-state index in [1.807, 2.05) is 0 Å². The molecule has 1 unspecified atom stereocenters. The van der Waals surface area contributed by atoms with E-state index in [2.05, 4.69) is 21.3 Å². The van der Waals surface area contributed by atoms with Crippen molar-refractivity contribution in [2.45, 2.75) is 92.0 Å². The Morgan fingerprint density at radius 1 is 0.840 bits per heavy atom. The molecule has 0 bridgehead atoms. The van der Waals surface area contributed by atoms with Crippen molar-refractivity contribution in [3.63, 3.8) is 0 Å². The number of esters is 1. The number of ether oxygens (including phenoxy) is 1. The molecule has 17 heteroatoms. The standard InChI is InChI=1S/C33H47N5O11S/c1-20(2)28(31(44)34-21(3)29(42)35-23-13-11-22(12-14-23)18-49-32(45)33(4,5)6)37-30(43)24(19-50(46,47)48)36-25(39)10-8-7-9-17-38-26(40)15-16-27(38)41/h11-16,20-21,24,28H,7-10,17-19H2,1-6H3,(H,34,44)(H,35,42)(H,36,39)(H,37,43)(H,46,47,48)/t21-,24-,28?/m0/s1. The van der Waals surface area contributed by atoms with Crippen LogP contribution < -0.4 is 21.3 Å². The Hall–Kier alpha value is -4.64. The predicted molar refractivity (Wildman–Crippen MR) is 181 cm³/mol. The number of nitrogens with one attached hydrogen (secondary N) is 4. The Morgan fingerprint density at radius 2 is 1.44 bits per heavy atom. The molecule has 16 nitrogen and oxygen atoms in total. The van der Waals surface area contributed by atoms with Gasteiger partial charge in [0.15, 0.2) is 0 Å². The summed E-state index contributed by atoms with van der Waals surface area (Å²) < 4.78 is 38.0. The van der Waals surface area contributed by atoms with Crippen molar-refractivity contribution in [3.05, 3.63) is 42.0 Å². The molecule has 0 fully saturated rings. The summed E-state index contributed by atoms with van der Waals surface area (Å²) in [6.45, 7) is 10.1. The number of carbonyl (C=O) groups excluding carboxylic acids is 7. The lowest BCUT2D eigenvalue weighted by atomic mass is 9.97. The highest BCUT2D eigenvalue weighted by molar-refractivity contribution is 7.85. The van der Waals surface area contributed by atoms with E-state index in [9.17, 15) is 46.5 Å². The maximum atomic E-state index is 13.1. The predicted octanol–water partition coefficient (Wildman–Crippen LogP) is 1.22. The van der Waals surface area contributed by atoms with Crippen LogP contribution in [0.2, 0.25) is 0 Å². The topological polar surface area (TPSA) is 234 Å². The molecule has 0 spiro atoms. The van der Waals surface area contributed by atoms with Gasteiger partial charge in [-0.15, -0.1) is 0 Å². The van der Waals surface area contributed by atoms with Gasteiger partial charge in [0.2, 0.25) is 23.6 Å². The van der Waals surface area contributed by atoms with Crippen molar-refractivity contribution in [1.29, 1.82) is 0 Å². The lowest BCUT2D eigenvalue weighted by Gasteiger charge is -2.26. The number of unbranched alkanes of at least 4 members (excludes halogenated alkanes) is 2. The molecule has 0 saturated heterocycles. The zero-order chi connectivity index (χ0) is 37.8. The third-order valence-electron chi connectivity index (χ3n) is 7.42. The van der Waals surface area contributed by atoms with Gasteiger partial charge in [0.1, 0.15) is 30.5 Å². The molecule has 50 heavy (non-hydrogen) atoms. The third kappa shape index (κ3) is 14.1. The van der Waals surface area contributed by atoms with Gasteiger partial charge in [-0.05, 0) is 64.2 Å².